The smallest absolute Gasteiger partial charge is 0.268 e. The summed E-state index contributed by atoms with van der Waals surface area (Å²) in [4.78, 5) is 13.4. The monoisotopic (exact) mass is 667 g/mol. The summed E-state index contributed by atoms with van der Waals surface area (Å²) in [5.41, 5.74) is 1.32. The molecule has 4 N–H and O–H groups in total. The Labute approximate surface area is 271 Å². The predicted octanol–water partition coefficient (Wildman–Crippen LogP) is 4.06. The maximum absolute atomic E-state index is 13.7. The van der Waals surface area contributed by atoms with Gasteiger partial charge in [-0.05, 0) is 74.3 Å². The molecule has 0 aliphatic carbocycles. The Hall–Kier alpha value is -2.50. The maximum atomic E-state index is 13.7. The van der Waals surface area contributed by atoms with Crippen LogP contribution in [0.15, 0.2) is 42.5 Å². The van der Waals surface area contributed by atoms with E-state index < -0.39 is 66.2 Å². The molecule has 246 valence electrons. The minimum absolute atomic E-state index is 0.131. The maximum Gasteiger partial charge on any atom is 0.268 e. The third-order valence-corrected chi connectivity index (χ3v) is 9.41. The van der Waals surface area contributed by atoms with Crippen molar-refractivity contribution in [3.63, 3.8) is 0 Å². The van der Waals surface area contributed by atoms with E-state index in [1.54, 1.807) is 24.5 Å². The number of carbonyl (C=O) groups excluding carboxylic acids is 1. The summed E-state index contributed by atoms with van der Waals surface area (Å²) in [7, 11) is 0. The molecule has 2 aliphatic rings. The fraction of sp³-hybridized carbons (Fsp3) is 0.562. The van der Waals surface area contributed by atoms with Crippen molar-refractivity contribution in [1.82, 2.24) is 10.2 Å². The van der Waals surface area contributed by atoms with E-state index in [-0.39, 0.29) is 6.54 Å². The van der Waals surface area contributed by atoms with Crippen molar-refractivity contribution in [2.45, 2.75) is 86.9 Å². The summed E-state index contributed by atoms with van der Waals surface area (Å²) in [6.45, 7) is 3.41. The number of ether oxygens (including phenoxy) is 2. The Bertz CT molecular complexity index is 1360. The van der Waals surface area contributed by atoms with Crippen LogP contribution in [0.1, 0.15) is 55.9 Å². The molecule has 2 aromatic rings. The molecular weight excluding hydrogens is 628 g/mol. The first-order chi connectivity index (χ1) is 21.2. The lowest BCUT2D eigenvalue weighted by molar-refractivity contribution is -0.200. The Morgan fingerprint density at radius 3 is 2.58 bits per heavy atom. The first-order valence-electron chi connectivity index (χ1n) is 14.8. The number of nitrogens with one attached hydrogen (secondary N) is 1. The molecule has 0 bridgehead atoms. The number of nitrogens with zero attached hydrogens (tertiary/aromatic N) is 2. The van der Waals surface area contributed by atoms with Crippen LogP contribution < -0.4 is 10.1 Å². The number of aliphatic hydroxyl groups is 3. The number of nitriles is 1. The number of carbonyl (C=O) groups is 1. The lowest BCUT2D eigenvalue weighted by atomic mass is 9.92. The normalized spacial score (nSPS) is 26.4. The highest BCUT2D eigenvalue weighted by Gasteiger charge is 2.47. The fourth-order valence-electron chi connectivity index (χ4n) is 5.55. The number of alkyl halides is 2. The molecule has 2 fully saturated rings. The van der Waals surface area contributed by atoms with Crippen molar-refractivity contribution in [3.8, 4) is 11.8 Å². The number of hydrogen-bond donors (Lipinski definition) is 4. The highest BCUT2D eigenvalue weighted by atomic mass is 35.5. The van der Waals surface area contributed by atoms with Crippen molar-refractivity contribution in [2.24, 2.45) is 0 Å². The molecule has 2 aliphatic heterocycles. The molecular formula is C32H40ClF2N3O6S. The van der Waals surface area contributed by atoms with Gasteiger partial charge >= 0.3 is 0 Å². The van der Waals surface area contributed by atoms with E-state index in [1.807, 2.05) is 44.2 Å². The molecule has 4 rings (SSSR count). The SMILES string of the molecule is CS[C@H]1O[C@@H](c2ccc(Cl)c(Cc3ccc(OCCCC(C)(C)NCC(=O)N4CC(F)(F)C[C@H]4C#N)cc3)c2)[C@H](O)[C@@H](O)[C@@H]1O. The van der Waals surface area contributed by atoms with E-state index in [0.29, 0.717) is 42.2 Å². The highest BCUT2D eigenvalue weighted by molar-refractivity contribution is 7.99. The van der Waals surface area contributed by atoms with Crippen molar-refractivity contribution >= 4 is 29.3 Å². The molecule has 0 radical (unpaired) electrons. The summed E-state index contributed by atoms with van der Waals surface area (Å²) < 4.78 is 39.1. The summed E-state index contributed by atoms with van der Waals surface area (Å²) >= 11 is 7.75. The van der Waals surface area contributed by atoms with Crippen LogP contribution in [-0.2, 0) is 16.0 Å². The van der Waals surface area contributed by atoms with Crippen LogP contribution in [0.5, 0.6) is 5.75 Å². The molecule has 2 saturated heterocycles. The fourth-order valence-corrected chi connectivity index (χ4v) is 6.41. The Kier molecular flexibility index (Phi) is 11.7. The summed E-state index contributed by atoms with van der Waals surface area (Å²) in [6.07, 6.45) is -1.66. The van der Waals surface area contributed by atoms with Crippen LogP contribution in [0.4, 0.5) is 8.78 Å². The van der Waals surface area contributed by atoms with Crippen LogP contribution in [0.3, 0.4) is 0 Å². The van der Waals surface area contributed by atoms with Crippen LogP contribution in [-0.4, -0.2) is 93.3 Å². The number of likely N-dealkylation sites (tertiary alicyclic amines) is 1. The molecule has 2 aromatic carbocycles. The summed E-state index contributed by atoms with van der Waals surface area (Å²) in [6, 6.07) is 13.6. The van der Waals surface area contributed by atoms with Crippen LogP contribution in [0.25, 0.3) is 0 Å². The van der Waals surface area contributed by atoms with Gasteiger partial charge in [0.1, 0.15) is 41.6 Å². The van der Waals surface area contributed by atoms with Gasteiger partial charge in [0.15, 0.2) is 0 Å². The van der Waals surface area contributed by atoms with Gasteiger partial charge in [-0.25, -0.2) is 8.78 Å². The molecule has 13 heteroatoms. The minimum atomic E-state index is -3.04. The van der Waals surface area contributed by atoms with Gasteiger partial charge in [0.25, 0.3) is 5.92 Å². The van der Waals surface area contributed by atoms with E-state index >= 15 is 0 Å². The van der Waals surface area contributed by atoms with Gasteiger partial charge in [-0.1, -0.05) is 35.9 Å². The van der Waals surface area contributed by atoms with E-state index in [1.165, 1.54) is 11.8 Å². The summed E-state index contributed by atoms with van der Waals surface area (Å²) in [5, 5.41) is 43.8. The average Bonchev–Trinajstić information content (AvgIpc) is 3.33. The van der Waals surface area contributed by atoms with Gasteiger partial charge < -0.3 is 35.0 Å². The number of benzene rings is 2. The molecule has 0 spiro atoms. The molecule has 6 atom stereocenters. The molecule has 2 heterocycles. The third kappa shape index (κ3) is 9.07. The Morgan fingerprint density at radius 2 is 1.91 bits per heavy atom. The lowest BCUT2D eigenvalue weighted by Gasteiger charge is -2.40. The van der Waals surface area contributed by atoms with E-state index in [2.05, 4.69) is 5.32 Å². The second-order valence-corrected chi connectivity index (χ2v) is 13.6. The first kappa shape index (κ1) is 35.4. The average molecular weight is 668 g/mol. The van der Waals surface area contributed by atoms with Gasteiger partial charge in [-0.15, -0.1) is 11.8 Å². The van der Waals surface area contributed by atoms with Crippen molar-refractivity contribution in [1.29, 1.82) is 5.26 Å². The van der Waals surface area contributed by atoms with Gasteiger partial charge in [0.2, 0.25) is 5.91 Å². The largest absolute Gasteiger partial charge is 0.494 e. The number of amides is 1. The topological polar surface area (TPSA) is 135 Å². The molecule has 0 unspecified atom stereocenters. The van der Waals surface area contributed by atoms with E-state index in [4.69, 9.17) is 26.3 Å². The quantitative estimate of drug-likeness (QED) is 0.247. The first-order valence-corrected chi connectivity index (χ1v) is 16.4. The molecule has 0 aromatic heterocycles. The van der Waals surface area contributed by atoms with Gasteiger partial charge in [-0.3, -0.25) is 4.79 Å². The predicted molar refractivity (Wildman–Crippen MR) is 167 cm³/mol. The number of halogens is 3. The van der Waals surface area contributed by atoms with E-state index in [9.17, 15) is 28.9 Å². The van der Waals surface area contributed by atoms with E-state index in [0.717, 1.165) is 16.0 Å². The zero-order valence-corrected chi connectivity index (χ0v) is 27.0. The standard InChI is InChI=1S/C32H40ClF2N3O6S/c1-31(2,37-17-25(39)38-18-32(34,35)15-22(38)16-36)11-4-12-43-23-8-5-19(6-9-23)13-21-14-20(7-10-24(21)33)29-27(41)26(40)28(42)30(44-29)45-3/h5-10,14,22,26-30,37,40-42H,4,11-13,15,17-18H2,1-3H3/t22-,26+,27+,28-,29-,30+/m0/s1. The Balaban J connectivity index is 1.25. The number of aliphatic hydroxyl groups excluding tert-OH is 3. The van der Waals surface area contributed by atoms with Crippen molar-refractivity contribution in [3.05, 3.63) is 64.2 Å². The minimum Gasteiger partial charge on any atom is -0.494 e. The van der Waals surface area contributed by atoms with Gasteiger partial charge in [0, 0.05) is 17.0 Å². The third-order valence-electron chi connectivity index (χ3n) is 8.19. The van der Waals surface area contributed by atoms with Crippen LogP contribution in [0.2, 0.25) is 5.02 Å². The molecule has 1 amide bonds. The lowest BCUT2D eigenvalue weighted by Crippen LogP contribution is -2.52. The zero-order chi connectivity index (χ0) is 32.9. The number of thioether (sulfide) groups is 1. The van der Waals surface area contributed by atoms with Crippen molar-refractivity contribution < 1.29 is 38.4 Å². The molecule has 9 nitrogen and oxygen atoms in total. The zero-order valence-electron chi connectivity index (χ0n) is 25.5. The second-order valence-electron chi connectivity index (χ2n) is 12.2. The summed E-state index contributed by atoms with van der Waals surface area (Å²) in [5.74, 6) is -2.87. The second kappa shape index (κ2) is 14.9. The van der Waals surface area contributed by atoms with Crippen molar-refractivity contribution in [2.75, 3.05) is 26.0 Å². The van der Waals surface area contributed by atoms with Gasteiger partial charge in [-0.2, -0.15) is 5.26 Å². The number of hydrogen-bond acceptors (Lipinski definition) is 9. The van der Waals surface area contributed by atoms with Crippen LogP contribution in [0, 0.1) is 11.3 Å². The Morgan fingerprint density at radius 1 is 1.20 bits per heavy atom. The van der Waals surface area contributed by atoms with Crippen LogP contribution >= 0.6 is 23.4 Å². The highest BCUT2D eigenvalue weighted by Crippen LogP contribution is 2.37. The van der Waals surface area contributed by atoms with Gasteiger partial charge in [0.05, 0.1) is 25.8 Å². The number of rotatable bonds is 12. The molecule has 45 heavy (non-hydrogen) atoms. The molecule has 0 saturated carbocycles.